The Labute approximate surface area is 143 Å². The van der Waals surface area contributed by atoms with Crippen LogP contribution in [0.25, 0.3) is 22.4 Å². The lowest BCUT2D eigenvalue weighted by Crippen LogP contribution is -2.12. The molecule has 0 aliphatic heterocycles. The third-order valence-electron chi connectivity index (χ3n) is 3.67. The molecule has 0 fully saturated rings. The number of aromatic nitrogens is 3. The van der Waals surface area contributed by atoms with Crippen LogP contribution in [0.15, 0.2) is 51.7 Å². The lowest BCUT2D eigenvalue weighted by molar-refractivity contribution is 0.102. The molecule has 0 atom stereocenters. The van der Waals surface area contributed by atoms with Crippen LogP contribution in [-0.2, 0) is 0 Å². The zero-order chi connectivity index (χ0) is 18.3. The van der Waals surface area contributed by atoms with Gasteiger partial charge in [-0.3, -0.25) is 14.9 Å². The number of anilines is 1. The van der Waals surface area contributed by atoms with Gasteiger partial charge in [-0.1, -0.05) is 0 Å². The minimum absolute atomic E-state index is 0.176. The van der Waals surface area contributed by atoms with Gasteiger partial charge in [-0.25, -0.2) is 13.6 Å². The van der Waals surface area contributed by atoms with Gasteiger partial charge < -0.3 is 9.73 Å². The van der Waals surface area contributed by atoms with Crippen LogP contribution in [0, 0.1) is 11.6 Å². The molecule has 0 saturated heterocycles. The van der Waals surface area contributed by atoms with Crippen molar-refractivity contribution in [3.8, 4) is 11.3 Å². The van der Waals surface area contributed by atoms with Crippen molar-refractivity contribution < 1.29 is 18.0 Å². The van der Waals surface area contributed by atoms with E-state index in [2.05, 4.69) is 20.5 Å². The first kappa shape index (κ1) is 15.8. The molecule has 2 aromatic carbocycles. The maximum atomic E-state index is 13.3. The second-order valence-corrected chi connectivity index (χ2v) is 5.50. The lowest BCUT2D eigenvalue weighted by Gasteiger charge is -2.01. The predicted molar refractivity (Wildman–Crippen MR) is 88.7 cm³/mol. The fourth-order valence-corrected chi connectivity index (χ4v) is 2.52. The summed E-state index contributed by atoms with van der Waals surface area (Å²) >= 11 is 0. The molecule has 1 amide bonds. The Morgan fingerprint density at radius 3 is 2.62 bits per heavy atom. The summed E-state index contributed by atoms with van der Waals surface area (Å²) in [5, 5.41) is 9.07. The van der Waals surface area contributed by atoms with Crippen molar-refractivity contribution in [2.24, 2.45) is 0 Å². The van der Waals surface area contributed by atoms with Crippen molar-refractivity contribution in [3.63, 3.8) is 0 Å². The highest BCUT2D eigenvalue weighted by Gasteiger charge is 2.12. The molecule has 130 valence electrons. The number of hydrogen-bond acceptors (Lipinski definition) is 4. The van der Waals surface area contributed by atoms with E-state index in [1.807, 2.05) is 0 Å². The first-order valence-corrected chi connectivity index (χ1v) is 7.44. The van der Waals surface area contributed by atoms with Gasteiger partial charge in [0.15, 0.2) is 11.4 Å². The fourth-order valence-electron chi connectivity index (χ4n) is 2.52. The van der Waals surface area contributed by atoms with E-state index in [1.165, 1.54) is 24.3 Å². The van der Waals surface area contributed by atoms with Gasteiger partial charge in [-0.2, -0.15) is 5.10 Å². The summed E-state index contributed by atoms with van der Waals surface area (Å²) in [6.07, 6.45) is 0. The Balaban J connectivity index is 1.57. The van der Waals surface area contributed by atoms with Gasteiger partial charge in [0.05, 0.1) is 11.2 Å². The minimum atomic E-state index is -0.720. The number of nitrogens with zero attached hydrogens (tertiary/aromatic N) is 1. The van der Waals surface area contributed by atoms with Crippen molar-refractivity contribution in [1.29, 1.82) is 0 Å². The molecule has 7 nitrogen and oxygen atoms in total. The van der Waals surface area contributed by atoms with Crippen molar-refractivity contribution in [2.45, 2.75) is 0 Å². The van der Waals surface area contributed by atoms with E-state index in [-0.39, 0.29) is 16.9 Å². The lowest BCUT2D eigenvalue weighted by atomic mass is 10.1. The van der Waals surface area contributed by atoms with E-state index in [0.29, 0.717) is 16.8 Å². The fraction of sp³-hybridized carbons (Fsp3) is 0. The Morgan fingerprint density at radius 1 is 1.08 bits per heavy atom. The molecule has 0 aliphatic rings. The Morgan fingerprint density at radius 2 is 1.85 bits per heavy atom. The van der Waals surface area contributed by atoms with E-state index in [9.17, 15) is 18.4 Å². The molecular weight excluding hydrogens is 346 g/mol. The number of amides is 1. The van der Waals surface area contributed by atoms with Crippen molar-refractivity contribution >= 4 is 22.8 Å². The maximum absolute atomic E-state index is 13.3. The molecule has 2 heterocycles. The van der Waals surface area contributed by atoms with Gasteiger partial charge in [0.1, 0.15) is 11.6 Å². The molecule has 2 aromatic heterocycles. The van der Waals surface area contributed by atoms with Gasteiger partial charge in [0.2, 0.25) is 0 Å². The van der Waals surface area contributed by atoms with Crippen LogP contribution in [0.1, 0.15) is 10.4 Å². The van der Waals surface area contributed by atoms with E-state index in [1.54, 1.807) is 0 Å². The maximum Gasteiger partial charge on any atom is 0.417 e. The smallest absolute Gasteiger partial charge is 0.408 e. The summed E-state index contributed by atoms with van der Waals surface area (Å²) in [4.78, 5) is 25.9. The summed E-state index contributed by atoms with van der Waals surface area (Å²) in [5.41, 5.74) is 1.60. The SMILES string of the molecule is O=C(Nc1cc(-c2cc(F)cc(F)c2)[nH]n1)c1ccc2oc(=O)[nH]c2c1. The van der Waals surface area contributed by atoms with Crippen molar-refractivity contribution in [3.05, 3.63) is 70.2 Å². The number of halogens is 2. The molecular formula is C17H10F2N4O3. The standard InChI is InChI=1S/C17H10F2N4O3/c18-10-3-9(4-11(19)6-10)12-7-15(23-22-12)21-16(24)8-1-2-14-13(5-8)20-17(25)26-14/h1-7H,(H,20,25)(H2,21,22,23,24). The predicted octanol–water partition coefficient (Wildman–Crippen LogP) is 3.04. The van der Waals surface area contributed by atoms with Gasteiger partial charge in [0, 0.05) is 23.3 Å². The van der Waals surface area contributed by atoms with Gasteiger partial charge in [-0.15, -0.1) is 0 Å². The number of nitrogens with one attached hydrogen (secondary N) is 3. The Hall–Kier alpha value is -3.75. The minimum Gasteiger partial charge on any atom is -0.408 e. The molecule has 0 unspecified atom stereocenters. The Bertz CT molecular complexity index is 1170. The highest BCUT2D eigenvalue weighted by Crippen LogP contribution is 2.22. The van der Waals surface area contributed by atoms with Crippen LogP contribution in [-0.4, -0.2) is 21.1 Å². The van der Waals surface area contributed by atoms with E-state index in [0.717, 1.165) is 18.2 Å². The molecule has 4 aromatic rings. The van der Waals surface area contributed by atoms with Gasteiger partial charge in [0.25, 0.3) is 5.91 Å². The molecule has 0 radical (unpaired) electrons. The summed E-state index contributed by atoms with van der Waals surface area (Å²) in [5.74, 6) is -2.35. The largest absolute Gasteiger partial charge is 0.417 e. The third-order valence-corrected chi connectivity index (χ3v) is 3.67. The summed E-state index contributed by atoms with van der Waals surface area (Å²) in [7, 11) is 0. The quantitative estimate of drug-likeness (QED) is 0.525. The summed E-state index contributed by atoms with van der Waals surface area (Å²) < 4.78 is 31.5. The number of carbonyl (C=O) groups is 1. The van der Waals surface area contributed by atoms with Crippen LogP contribution >= 0.6 is 0 Å². The molecule has 26 heavy (non-hydrogen) atoms. The number of fused-ring (bicyclic) bond motifs is 1. The molecule has 0 aliphatic carbocycles. The van der Waals surface area contributed by atoms with Crippen molar-refractivity contribution in [2.75, 3.05) is 5.32 Å². The van der Waals surface area contributed by atoms with Crippen LogP contribution in [0.4, 0.5) is 14.6 Å². The first-order valence-electron chi connectivity index (χ1n) is 7.44. The first-order chi connectivity index (χ1) is 12.5. The van der Waals surface area contributed by atoms with Crippen LogP contribution in [0.5, 0.6) is 0 Å². The van der Waals surface area contributed by atoms with Crippen molar-refractivity contribution in [1.82, 2.24) is 15.2 Å². The molecule has 3 N–H and O–H groups in total. The zero-order valence-corrected chi connectivity index (χ0v) is 13.0. The second kappa shape index (κ2) is 5.96. The second-order valence-electron chi connectivity index (χ2n) is 5.50. The number of rotatable bonds is 3. The topological polar surface area (TPSA) is 104 Å². The van der Waals surface area contributed by atoms with Crippen LogP contribution < -0.4 is 11.1 Å². The number of aromatic amines is 2. The number of hydrogen-bond donors (Lipinski definition) is 3. The highest BCUT2D eigenvalue weighted by atomic mass is 19.1. The number of oxazole rings is 1. The molecule has 0 spiro atoms. The van der Waals surface area contributed by atoms with E-state index >= 15 is 0 Å². The highest BCUT2D eigenvalue weighted by molar-refractivity contribution is 6.05. The normalized spacial score (nSPS) is 11.0. The summed E-state index contributed by atoms with van der Waals surface area (Å²) in [6.45, 7) is 0. The average Bonchev–Trinajstić information content (AvgIpc) is 3.18. The number of benzene rings is 2. The number of H-pyrrole nitrogens is 2. The molecule has 9 heteroatoms. The van der Waals surface area contributed by atoms with Crippen LogP contribution in [0.2, 0.25) is 0 Å². The van der Waals surface area contributed by atoms with Crippen LogP contribution in [0.3, 0.4) is 0 Å². The van der Waals surface area contributed by atoms with Gasteiger partial charge in [-0.05, 0) is 30.3 Å². The third kappa shape index (κ3) is 2.97. The summed E-state index contributed by atoms with van der Waals surface area (Å²) in [6, 6.07) is 8.95. The number of carbonyl (C=O) groups excluding carboxylic acids is 1. The Kier molecular flexibility index (Phi) is 3.61. The molecule has 0 saturated carbocycles. The molecule has 4 rings (SSSR count). The zero-order valence-electron chi connectivity index (χ0n) is 13.0. The monoisotopic (exact) mass is 356 g/mol. The average molecular weight is 356 g/mol. The van der Waals surface area contributed by atoms with E-state index in [4.69, 9.17) is 4.42 Å². The van der Waals surface area contributed by atoms with Gasteiger partial charge >= 0.3 is 5.76 Å². The molecule has 0 bridgehead atoms. The van der Waals surface area contributed by atoms with E-state index < -0.39 is 23.3 Å².